The molecule has 0 amide bonds. The normalized spacial score (nSPS) is 43.8. The molecule has 1 N–H and O–H groups in total. The lowest BCUT2D eigenvalue weighted by atomic mass is 9.71. The van der Waals surface area contributed by atoms with Crippen LogP contribution < -0.4 is 0 Å². The Kier molecular flexibility index (Phi) is 2.72. The van der Waals surface area contributed by atoms with Crippen LogP contribution in [-0.2, 0) is 0 Å². The predicted octanol–water partition coefficient (Wildman–Crippen LogP) is 2.21. The van der Waals surface area contributed by atoms with Crippen molar-refractivity contribution < 1.29 is 5.11 Å². The molecule has 2 bridgehead atoms. The van der Waals surface area contributed by atoms with Crippen molar-refractivity contribution in [2.45, 2.75) is 13.3 Å². The number of aliphatic hydroxyl groups excluding tert-OH is 1. The van der Waals surface area contributed by atoms with Crippen molar-refractivity contribution in [3.8, 4) is 11.8 Å². The van der Waals surface area contributed by atoms with E-state index in [4.69, 9.17) is 5.11 Å². The van der Waals surface area contributed by atoms with Gasteiger partial charge in [-0.15, -0.1) is 0 Å². The number of fused-ring (bicyclic) bond motifs is 2. The second-order valence-electron chi connectivity index (χ2n) is 4.39. The minimum absolute atomic E-state index is 0.0221. The van der Waals surface area contributed by atoms with Crippen molar-refractivity contribution in [2.24, 2.45) is 23.2 Å². The van der Waals surface area contributed by atoms with E-state index < -0.39 is 0 Å². The summed E-state index contributed by atoms with van der Waals surface area (Å²) in [7, 11) is 0. The maximum Gasteiger partial charge on any atom is 0.104 e. The first-order valence-corrected chi connectivity index (χ1v) is 6.19. The van der Waals surface area contributed by atoms with Crippen LogP contribution in [0.3, 0.4) is 0 Å². The first kappa shape index (κ1) is 10.3. The van der Waals surface area contributed by atoms with Crippen molar-refractivity contribution in [3.63, 3.8) is 0 Å². The number of hydrogen-bond acceptors (Lipinski definition) is 1. The zero-order valence-electron chi connectivity index (χ0n) is 8.33. The lowest BCUT2D eigenvalue weighted by Gasteiger charge is -2.33. The number of allylic oxidation sites excluding steroid dienone is 2. The van der Waals surface area contributed by atoms with Crippen molar-refractivity contribution in [2.75, 3.05) is 11.9 Å². The van der Waals surface area contributed by atoms with E-state index >= 15 is 0 Å². The van der Waals surface area contributed by atoms with Gasteiger partial charge in [0.2, 0.25) is 0 Å². The molecule has 76 valence electrons. The van der Waals surface area contributed by atoms with E-state index in [0.717, 1.165) is 5.33 Å². The average Bonchev–Trinajstić information content (AvgIpc) is 2.74. The molecule has 2 aliphatic carbocycles. The van der Waals surface area contributed by atoms with Crippen LogP contribution in [0.1, 0.15) is 13.3 Å². The van der Waals surface area contributed by atoms with Gasteiger partial charge in [0.25, 0.3) is 0 Å². The molecule has 2 rings (SSSR count). The maximum atomic E-state index is 8.77. The molecule has 1 nitrogen and oxygen atoms in total. The van der Waals surface area contributed by atoms with E-state index in [0.29, 0.717) is 17.8 Å². The molecule has 0 spiro atoms. The van der Waals surface area contributed by atoms with Gasteiger partial charge in [0.1, 0.15) is 6.61 Å². The SMILES string of the molecule is CC1(C#CCO)C2C=CC(C2)C1CBr. The highest BCUT2D eigenvalue weighted by Gasteiger charge is 2.51. The van der Waals surface area contributed by atoms with Gasteiger partial charge >= 0.3 is 0 Å². The minimum atomic E-state index is -0.0221. The molecule has 4 atom stereocenters. The molecule has 0 saturated heterocycles. The summed E-state index contributed by atoms with van der Waals surface area (Å²) in [4.78, 5) is 0. The molecular formula is C12H15BrO. The Labute approximate surface area is 93.7 Å². The van der Waals surface area contributed by atoms with Gasteiger partial charge in [-0.25, -0.2) is 0 Å². The Morgan fingerprint density at radius 2 is 2.36 bits per heavy atom. The van der Waals surface area contributed by atoms with Crippen molar-refractivity contribution in [3.05, 3.63) is 12.2 Å². The zero-order valence-corrected chi connectivity index (χ0v) is 9.92. The fraction of sp³-hybridized carbons (Fsp3) is 0.667. The average molecular weight is 255 g/mol. The molecule has 0 aromatic heterocycles. The topological polar surface area (TPSA) is 20.2 Å². The van der Waals surface area contributed by atoms with Gasteiger partial charge < -0.3 is 5.11 Å². The van der Waals surface area contributed by atoms with E-state index in [9.17, 15) is 0 Å². The summed E-state index contributed by atoms with van der Waals surface area (Å²) < 4.78 is 0. The third kappa shape index (κ3) is 1.34. The van der Waals surface area contributed by atoms with Gasteiger partial charge in [0.05, 0.1) is 0 Å². The summed E-state index contributed by atoms with van der Waals surface area (Å²) in [5.74, 6) is 7.98. The predicted molar refractivity (Wildman–Crippen MR) is 61.0 cm³/mol. The Morgan fingerprint density at radius 1 is 1.57 bits per heavy atom. The molecule has 0 aliphatic heterocycles. The maximum absolute atomic E-state index is 8.77. The Morgan fingerprint density at radius 3 is 3.00 bits per heavy atom. The number of hydrogen-bond donors (Lipinski definition) is 1. The van der Waals surface area contributed by atoms with Crippen molar-refractivity contribution in [1.82, 2.24) is 0 Å². The molecule has 1 fully saturated rings. The van der Waals surface area contributed by atoms with Gasteiger partial charge in [-0.05, 0) is 31.1 Å². The number of aliphatic hydroxyl groups is 1. The molecule has 0 radical (unpaired) electrons. The van der Waals surface area contributed by atoms with Crippen LogP contribution in [0.15, 0.2) is 12.2 Å². The van der Waals surface area contributed by atoms with Gasteiger partial charge in [0.15, 0.2) is 0 Å². The molecule has 14 heavy (non-hydrogen) atoms. The van der Waals surface area contributed by atoms with E-state index in [1.165, 1.54) is 6.42 Å². The molecule has 2 aliphatic rings. The standard InChI is InChI=1S/C12H15BrO/c1-12(5-2-6-14)10-4-3-9(7-10)11(12)8-13/h3-4,9-11,14H,6-8H2,1H3. The van der Waals surface area contributed by atoms with Gasteiger partial charge in [-0.1, -0.05) is 39.9 Å². The summed E-state index contributed by atoms with van der Waals surface area (Å²) in [5.41, 5.74) is 0.0750. The van der Waals surface area contributed by atoms with Gasteiger partial charge in [0, 0.05) is 10.7 Å². The summed E-state index contributed by atoms with van der Waals surface area (Å²) in [6.07, 6.45) is 5.88. The number of halogens is 1. The van der Waals surface area contributed by atoms with Crippen LogP contribution in [0.25, 0.3) is 0 Å². The summed E-state index contributed by atoms with van der Waals surface area (Å²) in [6, 6.07) is 0. The van der Waals surface area contributed by atoms with Gasteiger partial charge in [-0.3, -0.25) is 0 Å². The highest BCUT2D eigenvalue weighted by molar-refractivity contribution is 9.09. The van der Waals surface area contributed by atoms with E-state index in [2.05, 4.69) is 46.8 Å². The van der Waals surface area contributed by atoms with Crippen LogP contribution >= 0.6 is 15.9 Å². The largest absolute Gasteiger partial charge is 0.384 e. The van der Waals surface area contributed by atoms with E-state index in [1.807, 2.05) is 0 Å². The molecule has 0 aromatic carbocycles. The molecule has 4 unspecified atom stereocenters. The second-order valence-corrected chi connectivity index (χ2v) is 5.04. The Bertz CT molecular complexity index is 312. The van der Waals surface area contributed by atoms with Crippen LogP contribution in [0.5, 0.6) is 0 Å². The summed E-state index contributed by atoms with van der Waals surface area (Å²) >= 11 is 3.58. The Hall–Kier alpha value is -0.260. The fourth-order valence-electron chi connectivity index (χ4n) is 2.88. The summed E-state index contributed by atoms with van der Waals surface area (Å²) in [5, 5.41) is 9.78. The fourth-order valence-corrected chi connectivity index (χ4v) is 4.03. The highest BCUT2D eigenvalue weighted by atomic mass is 79.9. The number of alkyl halides is 1. The molecule has 1 saturated carbocycles. The number of rotatable bonds is 1. The van der Waals surface area contributed by atoms with Crippen LogP contribution in [-0.4, -0.2) is 17.0 Å². The van der Waals surface area contributed by atoms with Crippen LogP contribution in [0.2, 0.25) is 0 Å². The third-order valence-electron chi connectivity index (χ3n) is 3.78. The molecular weight excluding hydrogens is 240 g/mol. The van der Waals surface area contributed by atoms with Crippen molar-refractivity contribution >= 4 is 15.9 Å². The second kappa shape index (κ2) is 3.72. The van der Waals surface area contributed by atoms with Crippen LogP contribution in [0, 0.1) is 35.0 Å². The van der Waals surface area contributed by atoms with E-state index in [-0.39, 0.29) is 12.0 Å². The lowest BCUT2D eigenvalue weighted by molar-refractivity contribution is 0.273. The van der Waals surface area contributed by atoms with Gasteiger partial charge in [-0.2, -0.15) is 0 Å². The first-order valence-electron chi connectivity index (χ1n) is 5.07. The van der Waals surface area contributed by atoms with E-state index in [1.54, 1.807) is 0 Å². The molecule has 2 heteroatoms. The highest BCUT2D eigenvalue weighted by Crippen LogP contribution is 2.56. The zero-order chi connectivity index (χ0) is 10.2. The minimum Gasteiger partial charge on any atom is -0.384 e. The van der Waals surface area contributed by atoms with Crippen molar-refractivity contribution in [1.29, 1.82) is 0 Å². The Balaban J connectivity index is 2.29. The summed E-state index contributed by atoms with van der Waals surface area (Å²) in [6.45, 7) is 2.21. The third-order valence-corrected chi connectivity index (χ3v) is 4.47. The monoisotopic (exact) mass is 254 g/mol. The quantitative estimate of drug-likeness (QED) is 0.432. The molecule has 0 aromatic rings. The smallest absolute Gasteiger partial charge is 0.104 e. The first-order chi connectivity index (χ1) is 6.72. The molecule has 0 heterocycles. The lowest BCUT2D eigenvalue weighted by Crippen LogP contribution is -2.31. The van der Waals surface area contributed by atoms with Crippen LogP contribution in [0.4, 0.5) is 0 Å².